The molecule has 0 saturated heterocycles. The van der Waals surface area contributed by atoms with Crippen LogP contribution in [0.1, 0.15) is 5.69 Å². The second-order valence-electron chi connectivity index (χ2n) is 3.09. The quantitative estimate of drug-likeness (QED) is 0.602. The fourth-order valence-corrected chi connectivity index (χ4v) is 1.24. The van der Waals surface area contributed by atoms with Crippen LogP contribution in [0.15, 0.2) is 30.6 Å². The minimum Gasteiger partial charge on any atom is -0.325 e. The van der Waals surface area contributed by atoms with Crippen molar-refractivity contribution in [2.75, 3.05) is 0 Å². The highest BCUT2D eigenvalue weighted by atomic mass is 16.6. The van der Waals surface area contributed by atoms with Gasteiger partial charge < -0.3 is 5.73 Å². The predicted molar refractivity (Wildman–Crippen MR) is 55.9 cm³/mol. The summed E-state index contributed by atoms with van der Waals surface area (Å²) >= 11 is 0. The average molecular weight is 219 g/mol. The van der Waals surface area contributed by atoms with E-state index in [1.54, 1.807) is 18.2 Å². The summed E-state index contributed by atoms with van der Waals surface area (Å²) in [5.41, 5.74) is 6.08. The third kappa shape index (κ3) is 1.89. The summed E-state index contributed by atoms with van der Waals surface area (Å²) < 4.78 is 1.34. The van der Waals surface area contributed by atoms with Crippen molar-refractivity contribution in [3.8, 4) is 5.82 Å². The maximum Gasteiger partial charge on any atom is 0.307 e. The molecule has 0 unspecified atom stereocenters. The molecule has 0 aliphatic heterocycles. The van der Waals surface area contributed by atoms with Crippen LogP contribution in [0.3, 0.4) is 0 Å². The molecule has 0 spiro atoms. The first kappa shape index (κ1) is 10.2. The number of aromatic nitrogens is 3. The number of hydrogen-bond acceptors (Lipinski definition) is 5. The summed E-state index contributed by atoms with van der Waals surface area (Å²) in [5, 5.41) is 14.3. The van der Waals surface area contributed by atoms with Gasteiger partial charge >= 0.3 is 5.69 Å². The minimum atomic E-state index is -0.504. The van der Waals surface area contributed by atoms with Gasteiger partial charge in [0, 0.05) is 6.54 Å². The lowest BCUT2D eigenvalue weighted by Gasteiger charge is -2.01. The van der Waals surface area contributed by atoms with Crippen LogP contribution in [0.25, 0.3) is 5.82 Å². The third-order valence-electron chi connectivity index (χ3n) is 2.02. The van der Waals surface area contributed by atoms with E-state index in [4.69, 9.17) is 5.73 Å². The van der Waals surface area contributed by atoms with Crippen LogP contribution in [-0.2, 0) is 6.54 Å². The second kappa shape index (κ2) is 4.07. The molecular weight excluding hydrogens is 210 g/mol. The lowest BCUT2D eigenvalue weighted by Crippen LogP contribution is -2.04. The Kier molecular flexibility index (Phi) is 2.61. The molecule has 0 bridgehead atoms. The molecule has 2 N–H and O–H groups in total. The molecule has 7 nitrogen and oxygen atoms in total. The summed E-state index contributed by atoms with van der Waals surface area (Å²) in [7, 11) is 0. The molecule has 0 amide bonds. The molecule has 0 radical (unpaired) electrons. The van der Waals surface area contributed by atoms with Gasteiger partial charge in [0.25, 0.3) is 0 Å². The van der Waals surface area contributed by atoms with Crippen LogP contribution in [0.2, 0.25) is 0 Å². The van der Waals surface area contributed by atoms with Crippen molar-refractivity contribution in [2.24, 2.45) is 5.73 Å². The molecule has 82 valence electrons. The van der Waals surface area contributed by atoms with Crippen LogP contribution in [-0.4, -0.2) is 19.7 Å². The Morgan fingerprint density at radius 2 is 2.31 bits per heavy atom. The Bertz CT molecular complexity index is 522. The van der Waals surface area contributed by atoms with Gasteiger partial charge in [-0.3, -0.25) is 10.1 Å². The zero-order chi connectivity index (χ0) is 11.5. The van der Waals surface area contributed by atoms with E-state index in [2.05, 4.69) is 10.1 Å². The number of nitro groups is 1. The van der Waals surface area contributed by atoms with E-state index in [9.17, 15) is 10.1 Å². The highest BCUT2D eigenvalue weighted by Crippen LogP contribution is 2.12. The van der Waals surface area contributed by atoms with E-state index in [1.165, 1.54) is 17.1 Å². The number of rotatable bonds is 3. The van der Waals surface area contributed by atoms with Crippen LogP contribution >= 0.6 is 0 Å². The summed E-state index contributed by atoms with van der Waals surface area (Å²) in [6.07, 6.45) is 2.49. The number of pyridine rings is 1. The van der Waals surface area contributed by atoms with Crippen molar-refractivity contribution in [1.82, 2.24) is 14.8 Å². The van der Waals surface area contributed by atoms with Crippen molar-refractivity contribution >= 4 is 5.69 Å². The van der Waals surface area contributed by atoms with E-state index < -0.39 is 4.92 Å². The number of nitrogens with zero attached hydrogens (tertiary/aromatic N) is 4. The van der Waals surface area contributed by atoms with Crippen LogP contribution in [0.5, 0.6) is 0 Å². The normalized spacial score (nSPS) is 10.3. The molecule has 0 saturated carbocycles. The Morgan fingerprint density at radius 3 is 2.94 bits per heavy atom. The molecule has 16 heavy (non-hydrogen) atoms. The van der Waals surface area contributed by atoms with Gasteiger partial charge in [0.2, 0.25) is 0 Å². The lowest BCUT2D eigenvalue weighted by molar-refractivity contribution is -0.384. The Balaban J connectivity index is 2.38. The lowest BCUT2D eigenvalue weighted by atomic mass is 10.3. The van der Waals surface area contributed by atoms with Crippen LogP contribution < -0.4 is 5.73 Å². The van der Waals surface area contributed by atoms with Crippen molar-refractivity contribution in [3.05, 3.63) is 46.4 Å². The molecule has 2 heterocycles. The van der Waals surface area contributed by atoms with Gasteiger partial charge in [-0.2, -0.15) is 5.10 Å². The van der Waals surface area contributed by atoms with Gasteiger partial charge in [0.15, 0.2) is 5.82 Å². The topological polar surface area (TPSA) is 99.9 Å². The molecule has 0 fully saturated rings. The molecule has 2 rings (SSSR count). The van der Waals surface area contributed by atoms with Crippen molar-refractivity contribution in [2.45, 2.75) is 6.54 Å². The summed E-state index contributed by atoms with van der Waals surface area (Å²) in [6.45, 7) is 0.317. The maximum atomic E-state index is 10.5. The van der Waals surface area contributed by atoms with Gasteiger partial charge in [-0.15, -0.1) is 0 Å². The molecule has 0 aliphatic carbocycles. The monoisotopic (exact) mass is 219 g/mol. The predicted octanol–water partition coefficient (Wildman–Crippen LogP) is 0.634. The summed E-state index contributed by atoms with van der Waals surface area (Å²) in [6, 6.07) is 5.26. The average Bonchev–Trinajstić information content (AvgIpc) is 2.78. The molecule has 0 atom stereocenters. The van der Waals surface area contributed by atoms with Gasteiger partial charge in [-0.25, -0.2) is 9.67 Å². The molecular formula is C9H9N5O2. The Hall–Kier alpha value is -2.28. The van der Waals surface area contributed by atoms with Crippen LogP contribution in [0.4, 0.5) is 5.69 Å². The van der Waals surface area contributed by atoms with Crippen molar-refractivity contribution in [1.29, 1.82) is 0 Å². The fraction of sp³-hybridized carbons (Fsp3) is 0.111. The van der Waals surface area contributed by atoms with Crippen molar-refractivity contribution < 1.29 is 4.92 Å². The van der Waals surface area contributed by atoms with Gasteiger partial charge in [-0.05, 0) is 12.1 Å². The van der Waals surface area contributed by atoms with E-state index in [1.807, 2.05) is 0 Å². The van der Waals surface area contributed by atoms with Gasteiger partial charge in [0.05, 0.1) is 10.6 Å². The fourth-order valence-electron chi connectivity index (χ4n) is 1.24. The highest BCUT2D eigenvalue weighted by Gasteiger charge is 2.10. The zero-order valence-corrected chi connectivity index (χ0v) is 8.28. The maximum absolute atomic E-state index is 10.5. The first-order chi connectivity index (χ1) is 7.70. The van der Waals surface area contributed by atoms with Crippen LogP contribution in [0, 0.1) is 10.1 Å². The van der Waals surface area contributed by atoms with E-state index in [-0.39, 0.29) is 5.69 Å². The second-order valence-corrected chi connectivity index (χ2v) is 3.09. The van der Waals surface area contributed by atoms with E-state index in [0.29, 0.717) is 18.1 Å². The van der Waals surface area contributed by atoms with Gasteiger partial charge in [-0.1, -0.05) is 6.07 Å². The molecule has 7 heteroatoms. The largest absolute Gasteiger partial charge is 0.325 e. The molecule has 2 aromatic rings. The number of nitrogens with two attached hydrogens (primary N) is 1. The Labute approximate surface area is 90.7 Å². The number of hydrogen-bond donors (Lipinski definition) is 1. The molecule has 0 aromatic carbocycles. The SMILES string of the molecule is NCc1cccc(-n2cc([N+](=O)[O-])cn2)n1. The molecule has 0 aliphatic rings. The summed E-state index contributed by atoms with van der Waals surface area (Å²) in [5.74, 6) is 0.510. The third-order valence-corrected chi connectivity index (χ3v) is 2.02. The molecule has 2 aromatic heterocycles. The van der Waals surface area contributed by atoms with Gasteiger partial charge in [0.1, 0.15) is 12.4 Å². The first-order valence-electron chi connectivity index (χ1n) is 4.56. The van der Waals surface area contributed by atoms with E-state index in [0.717, 1.165) is 0 Å². The standard InChI is InChI=1S/C9H9N5O2/c10-4-7-2-1-3-9(12-7)13-6-8(5-11-13)14(15)16/h1-3,5-6H,4,10H2. The smallest absolute Gasteiger partial charge is 0.307 e. The van der Waals surface area contributed by atoms with E-state index >= 15 is 0 Å². The van der Waals surface area contributed by atoms with Crippen molar-refractivity contribution in [3.63, 3.8) is 0 Å². The summed E-state index contributed by atoms with van der Waals surface area (Å²) in [4.78, 5) is 14.2. The minimum absolute atomic E-state index is 0.0695. The highest BCUT2D eigenvalue weighted by molar-refractivity contribution is 5.29. The zero-order valence-electron chi connectivity index (χ0n) is 8.28. The first-order valence-corrected chi connectivity index (χ1v) is 4.56. The Morgan fingerprint density at radius 1 is 1.50 bits per heavy atom.